The molecule has 0 bridgehead atoms. The Morgan fingerprint density at radius 1 is 0.933 bits per heavy atom. The predicted molar refractivity (Wildman–Crippen MR) is 115 cm³/mol. The normalized spacial score (nSPS) is 10.5. The van der Waals surface area contributed by atoms with Crippen LogP contribution in [0, 0.1) is 12.7 Å². The van der Waals surface area contributed by atoms with Gasteiger partial charge >= 0.3 is 5.97 Å². The first-order valence-corrected chi connectivity index (χ1v) is 10.4. The summed E-state index contributed by atoms with van der Waals surface area (Å²) in [6, 6.07) is 20.1. The van der Waals surface area contributed by atoms with Gasteiger partial charge in [-0.2, -0.15) is 0 Å². The molecule has 4 nitrogen and oxygen atoms in total. The van der Waals surface area contributed by atoms with Gasteiger partial charge in [-0.15, -0.1) is 11.8 Å². The van der Waals surface area contributed by atoms with Crippen LogP contribution in [0.3, 0.4) is 0 Å². The molecule has 0 heterocycles. The van der Waals surface area contributed by atoms with Crippen LogP contribution in [0.1, 0.15) is 16.7 Å². The molecule has 3 aromatic carbocycles. The highest BCUT2D eigenvalue weighted by Crippen LogP contribution is 2.28. The molecule has 0 fully saturated rings. The first kappa shape index (κ1) is 21.7. The summed E-state index contributed by atoms with van der Waals surface area (Å²) >= 11 is 1.72. The van der Waals surface area contributed by atoms with Crippen LogP contribution >= 0.6 is 11.8 Å². The molecule has 0 aromatic heterocycles. The predicted octanol–water partition coefficient (Wildman–Crippen LogP) is 5.56. The van der Waals surface area contributed by atoms with Crippen molar-refractivity contribution in [1.29, 1.82) is 0 Å². The van der Waals surface area contributed by atoms with Gasteiger partial charge in [0.2, 0.25) is 0 Å². The lowest BCUT2D eigenvalue weighted by molar-refractivity contribution is -0.142. The second-order valence-electron chi connectivity index (χ2n) is 6.64. The monoisotopic (exact) mass is 426 g/mol. The van der Waals surface area contributed by atoms with Crippen LogP contribution in [0.15, 0.2) is 71.6 Å². The Balaban J connectivity index is 1.49. The van der Waals surface area contributed by atoms with E-state index in [2.05, 4.69) is 4.74 Å². The topological polar surface area (TPSA) is 44.8 Å². The second-order valence-corrected chi connectivity index (χ2v) is 7.69. The zero-order chi connectivity index (χ0) is 21.3. The first-order valence-electron chi connectivity index (χ1n) is 9.43. The highest BCUT2D eigenvalue weighted by Gasteiger charge is 2.06. The number of aryl methyl sites for hydroxylation is 1. The Hall–Kier alpha value is -2.99. The molecule has 30 heavy (non-hydrogen) atoms. The van der Waals surface area contributed by atoms with E-state index in [-0.39, 0.29) is 12.4 Å². The minimum absolute atomic E-state index is 0.0978. The molecule has 0 spiro atoms. The van der Waals surface area contributed by atoms with Crippen molar-refractivity contribution in [2.75, 3.05) is 13.7 Å². The van der Waals surface area contributed by atoms with Gasteiger partial charge in [0.1, 0.15) is 23.9 Å². The van der Waals surface area contributed by atoms with Crippen molar-refractivity contribution >= 4 is 17.7 Å². The van der Waals surface area contributed by atoms with Gasteiger partial charge in [-0.05, 0) is 66.1 Å². The maximum Gasteiger partial charge on any atom is 0.343 e. The van der Waals surface area contributed by atoms with E-state index >= 15 is 0 Å². The van der Waals surface area contributed by atoms with Crippen molar-refractivity contribution in [2.45, 2.75) is 24.2 Å². The molecular weight excluding hydrogens is 403 g/mol. The molecule has 156 valence electrons. The Morgan fingerprint density at radius 2 is 1.63 bits per heavy atom. The minimum Gasteiger partial charge on any atom is -0.489 e. The van der Waals surface area contributed by atoms with Crippen LogP contribution in [-0.2, 0) is 21.9 Å². The van der Waals surface area contributed by atoms with E-state index in [1.54, 1.807) is 23.9 Å². The lowest BCUT2D eigenvalue weighted by Gasteiger charge is -2.10. The molecule has 6 heteroatoms. The van der Waals surface area contributed by atoms with Gasteiger partial charge in [0.15, 0.2) is 6.61 Å². The SMILES string of the molecule is COC(=O)COc1ccc(SCc2ccc(OCc3ccc(F)cc3)cc2)cc1C. The van der Waals surface area contributed by atoms with Gasteiger partial charge in [0.05, 0.1) is 7.11 Å². The van der Waals surface area contributed by atoms with Crippen LogP contribution in [0.5, 0.6) is 11.5 Å². The number of carbonyl (C=O) groups is 1. The van der Waals surface area contributed by atoms with Gasteiger partial charge in [-0.3, -0.25) is 0 Å². The highest BCUT2D eigenvalue weighted by atomic mass is 32.2. The summed E-state index contributed by atoms with van der Waals surface area (Å²) in [5.74, 6) is 1.61. The fourth-order valence-corrected chi connectivity index (χ4v) is 3.62. The number of rotatable bonds is 9. The Kier molecular flexibility index (Phi) is 7.74. The molecule has 3 rings (SSSR count). The Morgan fingerprint density at radius 3 is 2.30 bits per heavy atom. The number of ether oxygens (including phenoxy) is 3. The summed E-state index contributed by atoms with van der Waals surface area (Å²) in [7, 11) is 1.34. The van der Waals surface area contributed by atoms with Crippen molar-refractivity contribution in [3.05, 3.63) is 89.2 Å². The summed E-state index contributed by atoms with van der Waals surface area (Å²) in [5, 5.41) is 0. The van der Waals surface area contributed by atoms with Crippen LogP contribution in [0.4, 0.5) is 4.39 Å². The van der Waals surface area contributed by atoms with E-state index in [1.165, 1.54) is 24.8 Å². The van der Waals surface area contributed by atoms with E-state index in [1.807, 2.05) is 49.4 Å². The molecule has 0 aliphatic heterocycles. The maximum absolute atomic E-state index is 12.9. The number of hydrogen-bond acceptors (Lipinski definition) is 5. The summed E-state index contributed by atoms with van der Waals surface area (Å²) in [6.07, 6.45) is 0. The smallest absolute Gasteiger partial charge is 0.343 e. The second kappa shape index (κ2) is 10.7. The molecule has 0 atom stereocenters. The number of esters is 1. The number of thioether (sulfide) groups is 1. The molecule has 0 saturated carbocycles. The molecule has 0 saturated heterocycles. The van der Waals surface area contributed by atoms with Gasteiger partial charge < -0.3 is 14.2 Å². The van der Waals surface area contributed by atoms with Crippen LogP contribution in [0.25, 0.3) is 0 Å². The van der Waals surface area contributed by atoms with E-state index in [9.17, 15) is 9.18 Å². The highest BCUT2D eigenvalue weighted by molar-refractivity contribution is 7.98. The quantitative estimate of drug-likeness (QED) is 0.331. The standard InChI is InChI=1S/C24H23FO4S/c1-17-13-22(11-12-23(17)29-15-24(26)27-2)30-16-19-5-9-21(10-6-19)28-14-18-3-7-20(25)8-4-18/h3-13H,14-16H2,1-2H3. The van der Waals surface area contributed by atoms with Gasteiger partial charge in [-0.1, -0.05) is 24.3 Å². The fourth-order valence-electron chi connectivity index (χ4n) is 2.67. The molecule has 0 N–H and O–H groups in total. The average Bonchev–Trinajstić information content (AvgIpc) is 2.77. The van der Waals surface area contributed by atoms with Crippen LogP contribution < -0.4 is 9.47 Å². The summed E-state index contributed by atoms with van der Waals surface area (Å²) in [6.45, 7) is 2.25. The molecule has 3 aromatic rings. The van der Waals surface area contributed by atoms with Crippen molar-refractivity contribution in [1.82, 2.24) is 0 Å². The van der Waals surface area contributed by atoms with Crippen molar-refractivity contribution in [3.63, 3.8) is 0 Å². The fraction of sp³-hybridized carbons (Fsp3) is 0.208. The molecule has 0 aliphatic carbocycles. The van der Waals surface area contributed by atoms with Crippen molar-refractivity contribution in [2.24, 2.45) is 0 Å². The number of carbonyl (C=O) groups excluding carboxylic acids is 1. The van der Waals surface area contributed by atoms with E-state index in [0.717, 1.165) is 27.5 Å². The first-order chi connectivity index (χ1) is 14.5. The number of methoxy groups -OCH3 is 1. The maximum atomic E-state index is 12.9. The Labute approximate surface area is 180 Å². The average molecular weight is 427 g/mol. The van der Waals surface area contributed by atoms with Gasteiger partial charge in [0.25, 0.3) is 0 Å². The van der Waals surface area contributed by atoms with E-state index in [0.29, 0.717) is 12.4 Å². The molecule has 0 radical (unpaired) electrons. The van der Waals surface area contributed by atoms with Crippen LogP contribution in [0.2, 0.25) is 0 Å². The third kappa shape index (κ3) is 6.52. The Bertz CT molecular complexity index is 972. The van der Waals surface area contributed by atoms with Gasteiger partial charge in [-0.25, -0.2) is 9.18 Å². The third-order valence-electron chi connectivity index (χ3n) is 4.37. The largest absolute Gasteiger partial charge is 0.489 e. The molecule has 0 amide bonds. The zero-order valence-corrected chi connectivity index (χ0v) is 17.7. The molecule has 0 unspecified atom stereocenters. The van der Waals surface area contributed by atoms with Crippen LogP contribution in [-0.4, -0.2) is 19.7 Å². The summed E-state index contributed by atoms with van der Waals surface area (Å²) < 4.78 is 28.7. The van der Waals surface area contributed by atoms with E-state index in [4.69, 9.17) is 9.47 Å². The van der Waals surface area contributed by atoms with Gasteiger partial charge in [0, 0.05) is 10.6 Å². The molecular formula is C24H23FO4S. The lowest BCUT2D eigenvalue weighted by Crippen LogP contribution is -2.12. The van der Waals surface area contributed by atoms with E-state index < -0.39 is 5.97 Å². The lowest BCUT2D eigenvalue weighted by atomic mass is 10.2. The summed E-state index contributed by atoms with van der Waals surface area (Å²) in [4.78, 5) is 12.3. The number of hydrogen-bond donors (Lipinski definition) is 0. The van der Waals surface area contributed by atoms with Crippen molar-refractivity contribution < 1.29 is 23.4 Å². The minimum atomic E-state index is -0.405. The third-order valence-corrected chi connectivity index (χ3v) is 5.43. The van der Waals surface area contributed by atoms with Crippen molar-refractivity contribution in [3.8, 4) is 11.5 Å². The summed E-state index contributed by atoms with van der Waals surface area (Å²) in [5.41, 5.74) is 3.07. The zero-order valence-electron chi connectivity index (χ0n) is 16.9. The number of halogens is 1. The number of benzene rings is 3. The molecule has 0 aliphatic rings.